The molecule has 0 aliphatic heterocycles. The van der Waals surface area contributed by atoms with Gasteiger partial charge in [0, 0.05) is 18.3 Å². The molecule has 0 saturated carbocycles. The predicted molar refractivity (Wildman–Crippen MR) is 115 cm³/mol. The maximum Gasteiger partial charge on any atom is 0.203 e. The van der Waals surface area contributed by atoms with Crippen LogP contribution in [0, 0.1) is 0 Å². The number of ketones is 1. The summed E-state index contributed by atoms with van der Waals surface area (Å²) in [5, 5.41) is 4.99. The van der Waals surface area contributed by atoms with Gasteiger partial charge in [0.1, 0.15) is 18.1 Å². The zero-order chi connectivity index (χ0) is 20.8. The van der Waals surface area contributed by atoms with Gasteiger partial charge in [0.05, 0.1) is 17.2 Å². The molecule has 1 aromatic heterocycles. The summed E-state index contributed by atoms with van der Waals surface area (Å²) in [6.07, 6.45) is 4.90. The Hall–Kier alpha value is -2.76. The molecule has 0 bridgehead atoms. The van der Waals surface area contributed by atoms with E-state index in [1.165, 1.54) is 6.08 Å². The number of para-hydroxylation sites is 1. The number of carbonyl (C=O) groups excluding carboxylic acids is 1. The Balaban J connectivity index is 1.79. The van der Waals surface area contributed by atoms with Crippen LogP contribution >= 0.6 is 23.2 Å². The van der Waals surface area contributed by atoms with Gasteiger partial charge in [-0.25, -0.2) is 0 Å². The van der Waals surface area contributed by atoms with Gasteiger partial charge in [0.2, 0.25) is 5.78 Å². The number of hydrogen-bond donors (Lipinski definition) is 0. The first-order chi connectivity index (χ1) is 14.0. The van der Waals surface area contributed by atoms with E-state index in [-0.39, 0.29) is 12.4 Å². The van der Waals surface area contributed by atoms with Crippen molar-refractivity contribution in [3.05, 3.63) is 81.6 Å². The average molecular weight is 431 g/mol. The maximum absolute atomic E-state index is 12.4. The second kappa shape index (κ2) is 9.63. The van der Waals surface area contributed by atoms with Gasteiger partial charge in [0.25, 0.3) is 0 Å². The van der Waals surface area contributed by atoms with Crippen LogP contribution in [-0.2, 0) is 13.2 Å². The highest BCUT2D eigenvalue weighted by Crippen LogP contribution is 2.33. The molecule has 150 valence electrons. The number of carbonyl (C=O) groups is 1. The summed E-state index contributed by atoms with van der Waals surface area (Å²) in [6.45, 7) is 2.79. The van der Waals surface area contributed by atoms with E-state index in [9.17, 15) is 4.79 Å². The largest absolute Gasteiger partial charge is 0.496 e. The minimum absolute atomic E-state index is 0.110. The van der Waals surface area contributed by atoms with Crippen molar-refractivity contribution in [3.63, 3.8) is 0 Å². The molecule has 0 fully saturated rings. The van der Waals surface area contributed by atoms with Crippen LogP contribution in [0.4, 0.5) is 0 Å². The molecule has 3 aromatic rings. The van der Waals surface area contributed by atoms with Gasteiger partial charge >= 0.3 is 0 Å². The molecule has 0 N–H and O–H groups in total. The monoisotopic (exact) mass is 430 g/mol. The number of rotatable bonds is 8. The van der Waals surface area contributed by atoms with Gasteiger partial charge in [-0.1, -0.05) is 41.4 Å². The summed E-state index contributed by atoms with van der Waals surface area (Å²) in [7, 11) is 1.59. The molecule has 0 unspecified atom stereocenters. The summed E-state index contributed by atoms with van der Waals surface area (Å²) < 4.78 is 12.9. The Labute approximate surface area is 179 Å². The van der Waals surface area contributed by atoms with E-state index >= 15 is 0 Å². The minimum atomic E-state index is -0.110. The van der Waals surface area contributed by atoms with Crippen LogP contribution in [0.15, 0.2) is 54.7 Å². The van der Waals surface area contributed by atoms with Crippen molar-refractivity contribution in [1.29, 1.82) is 0 Å². The molecule has 2 aromatic carbocycles. The second-order valence-electron chi connectivity index (χ2n) is 6.14. The van der Waals surface area contributed by atoms with Crippen molar-refractivity contribution in [2.24, 2.45) is 0 Å². The van der Waals surface area contributed by atoms with E-state index in [1.54, 1.807) is 48.3 Å². The predicted octanol–water partition coefficient (Wildman–Crippen LogP) is 5.69. The summed E-state index contributed by atoms with van der Waals surface area (Å²) in [5.74, 6) is 0.975. The first kappa shape index (κ1) is 21.0. The van der Waals surface area contributed by atoms with Crippen LogP contribution in [-0.4, -0.2) is 22.7 Å². The molecule has 0 saturated heterocycles. The van der Waals surface area contributed by atoms with Crippen LogP contribution in [0.2, 0.25) is 10.0 Å². The van der Waals surface area contributed by atoms with Crippen molar-refractivity contribution in [2.45, 2.75) is 20.1 Å². The zero-order valence-corrected chi connectivity index (χ0v) is 17.6. The third kappa shape index (κ3) is 5.00. The van der Waals surface area contributed by atoms with E-state index in [4.69, 9.17) is 32.7 Å². The Bertz CT molecular complexity index is 1020. The SMILES string of the molecule is CCn1nccc1C(=O)/C=C/c1ccc(OC)c(COc2c(Cl)cccc2Cl)c1. The molecule has 0 spiro atoms. The van der Waals surface area contributed by atoms with Crippen LogP contribution < -0.4 is 9.47 Å². The fourth-order valence-corrected chi connectivity index (χ4v) is 3.34. The Kier molecular flexibility index (Phi) is 6.96. The van der Waals surface area contributed by atoms with Crippen LogP contribution in [0.1, 0.15) is 28.5 Å². The summed E-state index contributed by atoms with van der Waals surface area (Å²) >= 11 is 12.3. The highest BCUT2D eigenvalue weighted by molar-refractivity contribution is 6.37. The molecule has 3 rings (SSSR count). The molecule has 0 radical (unpaired) electrons. The zero-order valence-electron chi connectivity index (χ0n) is 16.1. The number of aryl methyl sites for hydroxylation is 1. The Morgan fingerprint density at radius 2 is 1.93 bits per heavy atom. The number of allylic oxidation sites excluding steroid dienone is 1. The quantitative estimate of drug-likeness (QED) is 0.340. The van der Waals surface area contributed by atoms with Gasteiger partial charge in [0.15, 0.2) is 5.75 Å². The van der Waals surface area contributed by atoms with Crippen LogP contribution in [0.5, 0.6) is 11.5 Å². The maximum atomic E-state index is 12.4. The Morgan fingerprint density at radius 3 is 2.62 bits per heavy atom. The van der Waals surface area contributed by atoms with Crippen molar-refractivity contribution in [2.75, 3.05) is 7.11 Å². The normalized spacial score (nSPS) is 11.0. The number of benzene rings is 2. The Morgan fingerprint density at radius 1 is 1.17 bits per heavy atom. The molecule has 0 aliphatic carbocycles. The van der Waals surface area contributed by atoms with E-state index < -0.39 is 0 Å². The lowest BCUT2D eigenvalue weighted by atomic mass is 10.1. The lowest BCUT2D eigenvalue weighted by Crippen LogP contribution is -2.07. The van der Waals surface area contributed by atoms with Crippen molar-refractivity contribution >= 4 is 35.1 Å². The summed E-state index contributed by atoms with van der Waals surface area (Å²) in [4.78, 5) is 12.4. The highest BCUT2D eigenvalue weighted by Gasteiger charge is 2.11. The first-order valence-electron chi connectivity index (χ1n) is 9.01. The number of halogens is 2. The third-order valence-electron chi connectivity index (χ3n) is 4.29. The van der Waals surface area contributed by atoms with Gasteiger partial charge in [-0.05, 0) is 48.9 Å². The van der Waals surface area contributed by atoms with Gasteiger partial charge < -0.3 is 9.47 Å². The average Bonchev–Trinajstić information content (AvgIpc) is 3.20. The van der Waals surface area contributed by atoms with Gasteiger partial charge in [-0.3, -0.25) is 9.48 Å². The molecule has 0 amide bonds. The van der Waals surface area contributed by atoms with Gasteiger partial charge in [-0.2, -0.15) is 5.10 Å². The number of methoxy groups -OCH3 is 1. The lowest BCUT2D eigenvalue weighted by molar-refractivity contribution is 0.103. The fourth-order valence-electron chi connectivity index (χ4n) is 2.84. The first-order valence-corrected chi connectivity index (χ1v) is 9.77. The molecular formula is C22H20Cl2N2O3. The smallest absolute Gasteiger partial charge is 0.203 e. The molecule has 0 atom stereocenters. The lowest BCUT2D eigenvalue weighted by Gasteiger charge is -2.13. The molecule has 5 nitrogen and oxygen atoms in total. The van der Waals surface area contributed by atoms with E-state index in [0.29, 0.717) is 33.8 Å². The summed E-state index contributed by atoms with van der Waals surface area (Å²) in [5.41, 5.74) is 2.19. The van der Waals surface area contributed by atoms with Crippen molar-refractivity contribution in [1.82, 2.24) is 9.78 Å². The van der Waals surface area contributed by atoms with Crippen molar-refractivity contribution in [3.8, 4) is 11.5 Å². The highest BCUT2D eigenvalue weighted by atomic mass is 35.5. The minimum Gasteiger partial charge on any atom is -0.496 e. The third-order valence-corrected chi connectivity index (χ3v) is 4.89. The number of ether oxygens (including phenoxy) is 2. The molecule has 29 heavy (non-hydrogen) atoms. The number of nitrogens with zero attached hydrogens (tertiary/aromatic N) is 2. The van der Waals surface area contributed by atoms with Crippen LogP contribution in [0.3, 0.4) is 0 Å². The van der Waals surface area contributed by atoms with Gasteiger partial charge in [-0.15, -0.1) is 0 Å². The molecule has 7 heteroatoms. The number of aromatic nitrogens is 2. The molecule has 1 heterocycles. The fraction of sp³-hybridized carbons (Fsp3) is 0.182. The van der Waals surface area contributed by atoms with E-state index in [1.807, 2.05) is 25.1 Å². The van der Waals surface area contributed by atoms with Crippen LogP contribution in [0.25, 0.3) is 6.08 Å². The van der Waals surface area contributed by atoms with E-state index in [2.05, 4.69) is 5.10 Å². The summed E-state index contributed by atoms with van der Waals surface area (Å²) in [6, 6.07) is 12.5. The van der Waals surface area contributed by atoms with Crippen molar-refractivity contribution < 1.29 is 14.3 Å². The van der Waals surface area contributed by atoms with E-state index in [0.717, 1.165) is 11.1 Å². The molecule has 0 aliphatic rings. The second-order valence-corrected chi connectivity index (χ2v) is 6.95. The topological polar surface area (TPSA) is 53.4 Å². The number of hydrogen-bond acceptors (Lipinski definition) is 4. The molecular weight excluding hydrogens is 411 g/mol. The standard InChI is InChI=1S/C22H20Cl2N2O3/c1-3-26-19(11-12-25-26)20(27)9-7-15-8-10-21(28-2)16(13-15)14-29-22-17(23)5-4-6-18(22)24/h4-13H,3,14H2,1-2H3/b9-7+.